The Labute approximate surface area is 380 Å². The Bertz CT molecular complexity index is 2320. The van der Waals surface area contributed by atoms with Gasteiger partial charge in [0, 0.05) is 12.7 Å². The van der Waals surface area contributed by atoms with E-state index in [-0.39, 0.29) is 24.3 Å². The summed E-state index contributed by atoms with van der Waals surface area (Å²) in [5.74, 6) is -2.21. The molecule has 3 aliphatic rings. The van der Waals surface area contributed by atoms with Crippen LogP contribution in [0.1, 0.15) is 60.2 Å². The average molecular weight is 905 g/mol. The van der Waals surface area contributed by atoms with E-state index < -0.39 is 90.7 Å². The lowest BCUT2D eigenvalue weighted by atomic mass is 9.95. The first kappa shape index (κ1) is 45.7. The molecule has 7 unspecified atom stereocenters. The maximum Gasteiger partial charge on any atom is 0.338 e. The fraction of sp³-hybridized carbons (Fsp3) is 0.320. The molecule has 0 bridgehead atoms. The summed E-state index contributed by atoms with van der Waals surface area (Å²) in [5, 5.41) is 0. The number of hydrogen-bond donors (Lipinski definition) is 0. The quantitative estimate of drug-likeness (QED) is 0.0764. The minimum absolute atomic E-state index is 0.0532. The monoisotopic (exact) mass is 904 g/mol. The van der Waals surface area contributed by atoms with Crippen molar-refractivity contribution in [1.82, 2.24) is 0 Å². The molecule has 15 heteroatoms. The highest BCUT2D eigenvalue weighted by atomic mass is 32.2. The summed E-state index contributed by atoms with van der Waals surface area (Å²) in [6.07, 6.45) is -11.8. The number of methoxy groups -OCH3 is 1. The largest absolute Gasteiger partial charge is 0.459 e. The maximum atomic E-state index is 14.1. The normalized spacial score (nSPS) is 27.3. The molecular weight excluding hydrogens is 857 g/mol. The zero-order chi connectivity index (χ0) is 45.1. The van der Waals surface area contributed by atoms with Crippen molar-refractivity contribution in [3.05, 3.63) is 179 Å². The molecule has 0 saturated carbocycles. The van der Waals surface area contributed by atoms with Crippen molar-refractivity contribution in [1.29, 1.82) is 0 Å². The Balaban J connectivity index is 1.18. The lowest BCUT2D eigenvalue weighted by Crippen LogP contribution is -2.67. The number of carbonyl (C=O) groups is 4. The Morgan fingerprint density at radius 3 is 1.54 bits per heavy atom. The van der Waals surface area contributed by atoms with Crippen LogP contribution in [0.2, 0.25) is 0 Å². The molecule has 0 N–H and O–H groups in total. The average Bonchev–Trinajstić information content (AvgIpc) is 3.36. The van der Waals surface area contributed by atoms with E-state index in [1.54, 1.807) is 121 Å². The lowest BCUT2D eigenvalue weighted by Gasteiger charge is -2.50. The van der Waals surface area contributed by atoms with Crippen LogP contribution in [0.4, 0.5) is 0 Å². The Kier molecular flexibility index (Phi) is 15.3. The molecule has 3 fully saturated rings. The van der Waals surface area contributed by atoms with Crippen LogP contribution in [0.3, 0.4) is 0 Å². The van der Waals surface area contributed by atoms with Crippen LogP contribution in [0.15, 0.2) is 152 Å². The molecule has 5 aromatic carbocycles. The first-order chi connectivity index (χ1) is 31.8. The van der Waals surface area contributed by atoms with Gasteiger partial charge < -0.3 is 47.4 Å². The number of ether oxygens (including phenoxy) is 10. The summed E-state index contributed by atoms with van der Waals surface area (Å²) in [6, 6.07) is 42.8. The molecule has 3 saturated heterocycles. The van der Waals surface area contributed by atoms with Crippen molar-refractivity contribution >= 4 is 35.6 Å². The van der Waals surface area contributed by atoms with Crippen molar-refractivity contribution < 1.29 is 66.5 Å². The highest BCUT2D eigenvalue weighted by Crippen LogP contribution is 2.40. The third-order valence-electron chi connectivity index (χ3n) is 11.0. The number of thioether (sulfide) groups is 1. The second kappa shape index (κ2) is 21.8. The molecule has 338 valence electrons. The minimum Gasteiger partial charge on any atom is -0.459 e. The van der Waals surface area contributed by atoms with Gasteiger partial charge in [0.1, 0.15) is 42.6 Å². The molecule has 0 aromatic heterocycles. The zero-order valence-electron chi connectivity index (χ0n) is 35.5. The van der Waals surface area contributed by atoms with Crippen LogP contribution < -0.4 is 0 Å². The van der Waals surface area contributed by atoms with Gasteiger partial charge in [0.25, 0.3) is 0 Å². The molecule has 8 rings (SSSR count). The number of carbonyl (C=O) groups excluding carboxylic acids is 4. The van der Waals surface area contributed by atoms with Crippen LogP contribution in [-0.4, -0.2) is 111 Å². The van der Waals surface area contributed by atoms with Gasteiger partial charge in [0.2, 0.25) is 0 Å². The molecular formula is C50H48O14S. The van der Waals surface area contributed by atoms with E-state index in [0.29, 0.717) is 22.4 Å². The van der Waals surface area contributed by atoms with Gasteiger partial charge in [-0.1, -0.05) is 110 Å². The second-order valence-electron chi connectivity index (χ2n) is 15.2. The summed E-state index contributed by atoms with van der Waals surface area (Å²) >= 11 is 1.36. The van der Waals surface area contributed by atoms with Gasteiger partial charge in [0.15, 0.2) is 30.9 Å². The van der Waals surface area contributed by atoms with E-state index in [1.165, 1.54) is 18.9 Å². The summed E-state index contributed by atoms with van der Waals surface area (Å²) < 4.78 is 63.8. The number of esters is 4. The molecule has 0 amide bonds. The molecule has 0 aliphatic carbocycles. The van der Waals surface area contributed by atoms with Crippen molar-refractivity contribution in [3.63, 3.8) is 0 Å². The molecule has 14 nitrogen and oxygen atoms in total. The minimum atomic E-state index is -1.54. The third kappa shape index (κ3) is 11.0. The van der Waals surface area contributed by atoms with Gasteiger partial charge >= 0.3 is 23.9 Å². The first-order valence-corrected chi connectivity index (χ1v) is 22.3. The highest BCUT2D eigenvalue weighted by molar-refractivity contribution is 7.99. The lowest BCUT2D eigenvalue weighted by molar-refractivity contribution is -0.376. The Morgan fingerprint density at radius 2 is 1.03 bits per heavy atom. The molecule has 5 aromatic rings. The predicted octanol–water partition coefficient (Wildman–Crippen LogP) is 7.24. The molecule has 3 aliphatic heterocycles. The molecule has 0 radical (unpaired) electrons. The number of rotatable bonds is 15. The van der Waals surface area contributed by atoms with Crippen molar-refractivity contribution in [2.24, 2.45) is 0 Å². The Morgan fingerprint density at radius 1 is 0.554 bits per heavy atom. The van der Waals surface area contributed by atoms with Crippen LogP contribution >= 0.6 is 11.8 Å². The zero-order valence-corrected chi connectivity index (χ0v) is 36.3. The van der Waals surface area contributed by atoms with E-state index in [0.717, 1.165) is 0 Å². The van der Waals surface area contributed by atoms with Gasteiger partial charge in [-0.15, -0.1) is 11.8 Å². The van der Waals surface area contributed by atoms with Crippen LogP contribution in [0.25, 0.3) is 0 Å². The fourth-order valence-electron chi connectivity index (χ4n) is 7.83. The molecule has 3 heterocycles. The maximum absolute atomic E-state index is 14.1. The number of benzene rings is 5. The predicted molar refractivity (Wildman–Crippen MR) is 235 cm³/mol. The smallest absolute Gasteiger partial charge is 0.338 e. The van der Waals surface area contributed by atoms with Crippen molar-refractivity contribution in [2.75, 3.05) is 26.1 Å². The summed E-state index contributed by atoms with van der Waals surface area (Å²) in [6.45, 7) is 1.52. The van der Waals surface area contributed by atoms with Gasteiger partial charge in [-0.05, 0) is 54.3 Å². The molecule has 11 atom stereocenters. The topological polar surface area (TPSA) is 161 Å². The third-order valence-corrected chi connectivity index (χ3v) is 12.0. The standard InChI is InChI=1S/C50H48O14S/c1-3-65-50-43(62-47(54)34-25-15-7-16-26-34)40(55-2)38(37(59-50)29-56-44(51)31-19-9-4-10-20-31)64-49-42(61-46(53)33-23-13-6-14-24-33)41(60-45(52)32-21-11-5-12-22-32)39-36(58-49)30-57-48(63-39)35-27-17-8-18-28-35/h4-28,36-43,48-50H,3,29-30H2,1-2H3/t36?,37?,38-,39-,40?,41?,42?,43?,48?,49-,50-/m1/s1. The molecule has 65 heavy (non-hydrogen) atoms. The summed E-state index contributed by atoms with van der Waals surface area (Å²) in [4.78, 5) is 55.3. The van der Waals surface area contributed by atoms with E-state index in [9.17, 15) is 19.2 Å². The van der Waals surface area contributed by atoms with E-state index in [4.69, 9.17) is 47.4 Å². The van der Waals surface area contributed by atoms with Gasteiger partial charge in [0.05, 0.1) is 28.9 Å². The Hall–Kier alpha value is -5.91. The number of hydrogen-bond acceptors (Lipinski definition) is 15. The summed E-state index contributed by atoms with van der Waals surface area (Å²) in [7, 11) is 1.43. The highest BCUT2D eigenvalue weighted by Gasteiger charge is 2.58. The van der Waals surface area contributed by atoms with Crippen LogP contribution in [-0.2, 0) is 47.4 Å². The molecule has 0 spiro atoms. The van der Waals surface area contributed by atoms with Crippen molar-refractivity contribution in [3.8, 4) is 0 Å². The SMILES string of the molecule is CCS[C@H]1OC(COC(=O)c2ccccc2)[C@@H](O[C@H]2OC3COC(c4ccccc4)O[C@H]3C(OC(=O)c3ccccc3)C2OC(=O)c2ccccc2)C(OC)C1OC(=O)c1ccccc1. The van der Waals surface area contributed by atoms with E-state index >= 15 is 0 Å². The van der Waals surface area contributed by atoms with E-state index in [1.807, 2.05) is 37.3 Å². The second-order valence-corrected chi connectivity index (χ2v) is 16.6. The van der Waals surface area contributed by atoms with Crippen molar-refractivity contribution in [2.45, 2.75) is 73.8 Å². The van der Waals surface area contributed by atoms with Crippen LogP contribution in [0.5, 0.6) is 0 Å². The van der Waals surface area contributed by atoms with Gasteiger partial charge in [-0.25, -0.2) is 19.2 Å². The summed E-state index contributed by atoms with van der Waals surface area (Å²) in [5.41, 5.74) is 0.905. The van der Waals surface area contributed by atoms with E-state index in [2.05, 4.69) is 0 Å². The first-order valence-electron chi connectivity index (χ1n) is 21.2. The van der Waals surface area contributed by atoms with Gasteiger partial charge in [-0.2, -0.15) is 0 Å². The van der Waals surface area contributed by atoms with Crippen LogP contribution in [0, 0.1) is 0 Å². The van der Waals surface area contributed by atoms with Gasteiger partial charge in [-0.3, -0.25) is 0 Å². The number of fused-ring (bicyclic) bond motifs is 1. The fourth-order valence-corrected chi connectivity index (χ4v) is 8.78.